The van der Waals surface area contributed by atoms with Gasteiger partial charge < -0.3 is 8.83 Å². The zero-order valence-electron chi connectivity index (χ0n) is 15.1. The molecule has 0 saturated heterocycles. The molecule has 5 aromatic rings. The SMILES string of the molecule is O=c1oc(-c2ccc(-c3nc4ccc(S)cc4c(=O)o3)nc2)nc2ccc(S)cc12. The van der Waals surface area contributed by atoms with Crippen LogP contribution in [0.1, 0.15) is 0 Å². The zero-order chi connectivity index (χ0) is 20.8. The van der Waals surface area contributed by atoms with E-state index in [1.165, 1.54) is 6.20 Å². The summed E-state index contributed by atoms with van der Waals surface area (Å²) in [6, 6.07) is 13.3. The van der Waals surface area contributed by atoms with Gasteiger partial charge in [-0.05, 0) is 48.5 Å². The normalized spacial score (nSPS) is 11.3. The molecule has 0 saturated carbocycles. The number of hydrogen-bond acceptors (Lipinski definition) is 9. The molecule has 2 aromatic carbocycles. The second kappa shape index (κ2) is 7.12. The van der Waals surface area contributed by atoms with Gasteiger partial charge in [-0.1, -0.05) is 0 Å². The third-order valence-corrected chi connectivity index (χ3v) is 5.01. The van der Waals surface area contributed by atoms with Crippen LogP contribution in [-0.4, -0.2) is 15.0 Å². The highest BCUT2D eigenvalue weighted by Crippen LogP contribution is 2.23. The van der Waals surface area contributed by atoms with Crippen molar-refractivity contribution in [2.75, 3.05) is 0 Å². The molecule has 3 heterocycles. The predicted molar refractivity (Wildman–Crippen MR) is 117 cm³/mol. The van der Waals surface area contributed by atoms with Crippen LogP contribution in [0.3, 0.4) is 0 Å². The fraction of sp³-hybridized carbons (Fsp3) is 0. The van der Waals surface area contributed by atoms with E-state index in [1.807, 2.05) is 0 Å². The summed E-state index contributed by atoms with van der Waals surface area (Å²) in [5, 5.41) is 0.691. The van der Waals surface area contributed by atoms with Crippen molar-refractivity contribution >= 4 is 47.1 Å². The molecule has 0 aliphatic heterocycles. The predicted octanol–water partition coefficient (Wildman–Crippen LogP) is 4.00. The van der Waals surface area contributed by atoms with E-state index in [1.54, 1.807) is 48.5 Å². The van der Waals surface area contributed by atoms with Crippen molar-refractivity contribution in [3.05, 3.63) is 75.6 Å². The van der Waals surface area contributed by atoms with Crippen LogP contribution in [0.4, 0.5) is 0 Å². The lowest BCUT2D eigenvalue weighted by atomic mass is 10.2. The Morgan fingerprint density at radius 1 is 0.700 bits per heavy atom. The van der Waals surface area contributed by atoms with E-state index >= 15 is 0 Å². The van der Waals surface area contributed by atoms with Crippen molar-refractivity contribution in [1.29, 1.82) is 0 Å². The first-order chi connectivity index (χ1) is 14.5. The Bertz CT molecular complexity index is 1440. The summed E-state index contributed by atoms with van der Waals surface area (Å²) in [5.74, 6) is 0.216. The first kappa shape index (κ1) is 18.6. The van der Waals surface area contributed by atoms with E-state index in [2.05, 4.69) is 40.2 Å². The third-order valence-electron chi connectivity index (χ3n) is 4.45. The Hall–Kier alpha value is -3.43. The number of fused-ring (bicyclic) bond motifs is 2. The van der Waals surface area contributed by atoms with E-state index in [9.17, 15) is 9.59 Å². The van der Waals surface area contributed by atoms with Crippen molar-refractivity contribution in [2.24, 2.45) is 0 Å². The molecule has 5 rings (SSSR count). The summed E-state index contributed by atoms with van der Waals surface area (Å²) >= 11 is 8.45. The molecule has 30 heavy (non-hydrogen) atoms. The fourth-order valence-electron chi connectivity index (χ4n) is 3.00. The van der Waals surface area contributed by atoms with Crippen LogP contribution in [0.2, 0.25) is 0 Å². The highest BCUT2D eigenvalue weighted by molar-refractivity contribution is 7.80. The van der Waals surface area contributed by atoms with Crippen molar-refractivity contribution < 1.29 is 8.83 Å². The number of rotatable bonds is 2. The minimum absolute atomic E-state index is 0.0835. The van der Waals surface area contributed by atoms with Gasteiger partial charge in [-0.3, -0.25) is 4.98 Å². The van der Waals surface area contributed by atoms with E-state index in [4.69, 9.17) is 8.83 Å². The van der Waals surface area contributed by atoms with Gasteiger partial charge >= 0.3 is 11.3 Å². The standard InChI is InChI=1S/C21H11N3O4S2/c25-20-13-7-11(29)2-5-15(13)23-18(27-20)10-1-4-17(22-9-10)19-24-16-6-3-12(30)8-14(16)21(26)28-19/h1-9,29-30H. The highest BCUT2D eigenvalue weighted by Gasteiger charge is 2.13. The van der Waals surface area contributed by atoms with Crippen LogP contribution in [0.25, 0.3) is 44.8 Å². The first-order valence-electron chi connectivity index (χ1n) is 8.72. The molecule has 7 nitrogen and oxygen atoms in total. The molecule has 146 valence electrons. The van der Waals surface area contributed by atoms with Crippen LogP contribution in [0, 0.1) is 0 Å². The Kier molecular flexibility index (Phi) is 4.41. The number of hydrogen-bond donors (Lipinski definition) is 2. The van der Waals surface area contributed by atoms with Gasteiger partial charge in [0.05, 0.1) is 27.4 Å². The number of thiol groups is 2. The van der Waals surface area contributed by atoms with E-state index < -0.39 is 11.3 Å². The van der Waals surface area contributed by atoms with Gasteiger partial charge in [-0.2, -0.15) is 0 Å². The Labute approximate surface area is 179 Å². The van der Waals surface area contributed by atoms with Crippen LogP contribution >= 0.6 is 25.3 Å². The fourth-order valence-corrected chi connectivity index (χ4v) is 3.41. The number of nitrogens with zero attached hydrogens (tertiary/aromatic N) is 3. The molecule has 0 unspecified atom stereocenters. The van der Waals surface area contributed by atoms with Crippen molar-refractivity contribution in [1.82, 2.24) is 15.0 Å². The van der Waals surface area contributed by atoms with Crippen LogP contribution in [0.5, 0.6) is 0 Å². The smallest absolute Gasteiger partial charge is 0.347 e. The first-order valence-corrected chi connectivity index (χ1v) is 9.62. The maximum absolute atomic E-state index is 12.3. The summed E-state index contributed by atoms with van der Waals surface area (Å²) < 4.78 is 10.6. The zero-order valence-corrected chi connectivity index (χ0v) is 16.9. The summed E-state index contributed by atoms with van der Waals surface area (Å²) in [7, 11) is 0. The quantitative estimate of drug-likeness (QED) is 0.406. The molecule has 0 spiro atoms. The third kappa shape index (κ3) is 3.27. The maximum Gasteiger partial charge on any atom is 0.347 e. The lowest BCUT2D eigenvalue weighted by Gasteiger charge is -2.04. The summed E-state index contributed by atoms with van der Waals surface area (Å²) in [5.41, 5.74) is 0.791. The minimum atomic E-state index is -0.525. The van der Waals surface area contributed by atoms with Crippen molar-refractivity contribution in [2.45, 2.75) is 9.79 Å². The van der Waals surface area contributed by atoms with Gasteiger partial charge in [-0.25, -0.2) is 19.6 Å². The molecule has 3 aromatic heterocycles. The summed E-state index contributed by atoms with van der Waals surface area (Å²) in [6.45, 7) is 0. The Morgan fingerprint density at radius 2 is 1.27 bits per heavy atom. The molecule has 0 fully saturated rings. The van der Waals surface area contributed by atoms with Crippen molar-refractivity contribution in [3.8, 4) is 23.0 Å². The molecular weight excluding hydrogens is 422 g/mol. The van der Waals surface area contributed by atoms with Gasteiger partial charge in [0.25, 0.3) is 0 Å². The molecule has 9 heteroatoms. The average molecular weight is 433 g/mol. The number of pyridine rings is 1. The van der Waals surface area contributed by atoms with E-state index in [-0.39, 0.29) is 11.8 Å². The second-order valence-electron chi connectivity index (χ2n) is 6.45. The Morgan fingerprint density at radius 3 is 1.83 bits per heavy atom. The topological polar surface area (TPSA) is 99.1 Å². The second-order valence-corrected chi connectivity index (χ2v) is 7.48. The van der Waals surface area contributed by atoms with E-state index in [0.29, 0.717) is 42.9 Å². The average Bonchev–Trinajstić information content (AvgIpc) is 2.74. The molecule has 0 atom stereocenters. The highest BCUT2D eigenvalue weighted by atomic mass is 32.1. The minimum Gasteiger partial charge on any atom is -0.403 e. The van der Waals surface area contributed by atoms with Gasteiger partial charge in [0, 0.05) is 16.0 Å². The molecule has 0 aliphatic rings. The largest absolute Gasteiger partial charge is 0.403 e. The lowest BCUT2D eigenvalue weighted by molar-refractivity contribution is 0.514. The molecule has 0 aliphatic carbocycles. The molecular formula is C21H11N3O4S2. The lowest BCUT2D eigenvalue weighted by Crippen LogP contribution is -2.04. The Balaban J connectivity index is 1.56. The van der Waals surface area contributed by atoms with Crippen LogP contribution < -0.4 is 11.3 Å². The van der Waals surface area contributed by atoms with Gasteiger partial charge in [0.2, 0.25) is 11.8 Å². The molecule has 0 bridgehead atoms. The maximum atomic E-state index is 12.3. The summed E-state index contributed by atoms with van der Waals surface area (Å²) in [6.07, 6.45) is 1.47. The van der Waals surface area contributed by atoms with Gasteiger partial charge in [0.1, 0.15) is 5.69 Å². The van der Waals surface area contributed by atoms with Crippen LogP contribution in [-0.2, 0) is 0 Å². The van der Waals surface area contributed by atoms with E-state index in [0.717, 1.165) is 0 Å². The molecule has 0 radical (unpaired) electrons. The number of aromatic nitrogens is 3. The number of benzene rings is 2. The van der Waals surface area contributed by atoms with Crippen LogP contribution in [0.15, 0.2) is 82.9 Å². The van der Waals surface area contributed by atoms with Gasteiger partial charge in [0.15, 0.2) is 0 Å². The van der Waals surface area contributed by atoms with Crippen molar-refractivity contribution in [3.63, 3.8) is 0 Å². The van der Waals surface area contributed by atoms with Gasteiger partial charge in [-0.15, -0.1) is 25.3 Å². The monoisotopic (exact) mass is 433 g/mol. The summed E-state index contributed by atoms with van der Waals surface area (Å²) in [4.78, 5) is 38.8. The molecule has 0 amide bonds. The molecule has 0 N–H and O–H groups in total.